The number of rotatable bonds is 7. The molecule has 8 nitrogen and oxygen atoms in total. The van der Waals surface area contributed by atoms with Crippen molar-refractivity contribution in [1.82, 2.24) is 30.3 Å². The third-order valence-corrected chi connectivity index (χ3v) is 5.54. The van der Waals surface area contributed by atoms with Crippen LogP contribution in [0, 0.1) is 6.92 Å². The van der Waals surface area contributed by atoms with Crippen LogP contribution in [0.15, 0.2) is 36.5 Å². The summed E-state index contributed by atoms with van der Waals surface area (Å²) in [5.41, 5.74) is 3.73. The summed E-state index contributed by atoms with van der Waals surface area (Å²) in [5.74, 6) is 1.91. The van der Waals surface area contributed by atoms with Gasteiger partial charge in [0.2, 0.25) is 0 Å². The molecular formula is C23H25ClN6O2. The van der Waals surface area contributed by atoms with E-state index in [4.69, 9.17) is 21.3 Å². The summed E-state index contributed by atoms with van der Waals surface area (Å²) in [7, 11) is 1.87. The molecule has 0 saturated carbocycles. The van der Waals surface area contributed by atoms with Gasteiger partial charge in [-0.25, -0.2) is 4.98 Å². The van der Waals surface area contributed by atoms with Gasteiger partial charge in [-0.1, -0.05) is 17.7 Å². The average molecular weight is 453 g/mol. The number of aromatic nitrogens is 5. The molecule has 0 bridgehead atoms. The first kappa shape index (κ1) is 21.8. The lowest BCUT2D eigenvalue weighted by Crippen LogP contribution is -2.34. The maximum atomic E-state index is 11.8. The van der Waals surface area contributed by atoms with Crippen molar-refractivity contribution < 1.29 is 9.53 Å². The number of ether oxygens (including phenoxy) is 1. The molecule has 32 heavy (non-hydrogen) atoms. The molecule has 0 unspecified atom stereocenters. The lowest BCUT2D eigenvalue weighted by atomic mass is 10.1. The summed E-state index contributed by atoms with van der Waals surface area (Å²) in [6.45, 7) is 5.77. The van der Waals surface area contributed by atoms with Gasteiger partial charge in [-0.15, -0.1) is 0 Å². The second-order valence-electron chi connectivity index (χ2n) is 8.01. The molecule has 4 aromatic rings. The van der Waals surface area contributed by atoms with Crippen LogP contribution in [-0.4, -0.2) is 43.5 Å². The first-order valence-electron chi connectivity index (χ1n) is 10.4. The molecule has 2 aromatic heterocycles. The van der Waals surface area contributed by atoms with Crippen LogP contribution in [0.4, 0.5) is 0 Å². The first-order valence-corrected chi connectivity index (χ1v) is 10.7. The molecule has 9 heteroatoms. The minimum atomic E-state index is -0.148. The van der Waals surface area contributed by atoms with Gasteiger partial charge in [0.05, 0.1) is 16.7 Å². The number of hydrogen-bond acceptors (Lipinski definition) is 5. The Balaban J connectivity index is 1.51. The van der Waals surface area contributed by atoms with Gasteiger partial charge in [0.25, 0.3) is 5.91 Å². The van der Waals surface area contributed by atoms with E-state index in [0.29, 0.717) is 23.0 Å². The molecule has 2 N–H and O–H groups in total. The van der Waals surface area contributed by atoms with Gasteiger partial charge >= 0.3 is 0 Å². The molecule has 166 valence electrons. The number of aromatic amines is 1. The normalized spacial score (nSPS) is 11.3. The quantitative estimate of drug-likeness (QED) is 0.444. The zero-order valence-electron chi connectivity index (χ0n) is 18.4. The van der Waals surface area contributed by atoms with Crippen LogP contribution in [0.1, 0.15) is 30.8 Å². The summed E-state index contributed by atoms with van der Waals surface area (Å²) in [6, 6.07) is 9.64. The van der Waals surface area contributed by atoms with E-state index in [0.717, 1.165) is 33.4 Å². The SMILES string of the molecule is Cc1cc(OCC(=O)NC(C)C)ccc1-c1nc(Cc2ccc3[nH]ncc3c2Cl)n(C)n1. The third-order valence-electron chi connectivity index (χ3n) is 5.10. The van der Waals surface area contributed by atoms with E-state index in [1.54, 1.807) is 10.9 Å². The highest BCUT2D eigenvalue weighted by molar-refractivity contribution is 6.36. The van der Waals surface area contributed by atoms with Crippen LogP contribution in [-0.2, 0) is 18.3 Å². The van der Waals surface area contributed by atoms with Crippen molar-refractivity contribution in [1.29, 1.82) is 0 Å². The van der Waals surface area contributed by atoms with Gasteiger partial charge in [-0.3, -0.25) is 14.6 Å². The Morgan fingerprint density at radius 2 is 2.09 bits per heavy atom. The van der Waals surface area contributed by atoms with Crippen molar-refractivity contribution >= 4 is 28.4 Å². The summed E-state index contributed by atoms with van der Waals surface area (Å²) in [5, 5.41) is 15.9. The largest absolute Gasteiger partial charge is 0.484 e. The topological polar surface area (TPSA) is 97.7 Å². The van der Waals surface area contributed by atoms with Crippen LogP contribution in [0.2, 0.25) is 5.02 Å². The predicted molar refractivity (Wildman–Crippen MR) is 124 cm³/mol. The maximum Gasteiger partial charge on any atom is 0.258 e. The lowest BCUT2D eigenvalue weighted by Gasteiger charge is -2.11. The third kappa shape index (κ3) is 4.60. The second kappa shape index (κ2) is 9.00. The van der Waals surface area contributed by atoms with Gasteiger partial charge in [-0.2, -0.15) is 10.2 Å². The van der Waals surface area contributed by atoms with Gasteiger partial charge in [-0.05, 0) is 56.2 Å². The molecule has 2 aromatic carbocycles. The summed E-state index contributed by atoms with van der Waals surface area (Å²) >= 11 is 6.57. The van der Waals surface area contributed by atoms with Crippen molar-refractivity contribution in [3.63, 3.8) is 0 Å². The van der Waals surface area contributed by atoms with E-state index in [1.165, 1.54) is 0 Å². The van der Waals surface area contributed by atoms with Crippen molar-refractivity contribution in [2.24, 2.45) is 7.05 Å². The molecule has 0 atom stereocenters. The van der Waals surface area contributed by atoms with E-state index in [2.05, 4.69) is 20.6 Å². The second-order valence-corrected chi connectivity index (χ2v) is 8.39. The number of benzene rings is 2. The smallest absolute Gasteiger partial charge is 0.258 e. The monoisotopic (exact) mass is 452 g/mol. The molecule has 4 rings (SSSR count). The molecular weight excluding hydrogens is 428 g/mol. The number of aryl methyl sites for hydroxylation is 2. The number of hydrogen-bond donors (Lipinski definition) is 2. The molecule has 0 fully saturated rings. The molecule has 1 amide bonds. The van der Waals surface area contributed by atoms with Crippen molar-refractivity contribution in [3.8, 4) is 17.1 Å². The van der Waals surface area contributed by atoms with E-state index in [1.807, 2.05) is 58.2 Å². The van der Waals surface area contributed by atoms with Crippen LogP contribution < -0.4 is 10.1 Å². The minimum Gasteiger partial charge on any atom is -0.484 e. The van der Waals surface area contributed by atoms with E-state index >= 15 is 0 Å². The number of H-pyrrole nitrogens is 1. The van der Waals surface area contributed by atoms with Crippen molar-refractivity contribution in [2.75, 3.05) is 6.61 Å². The highest BCUT2D eigenvalue weighted by Crippen LogP contribution is 2.29. The van der Waals surface area contributed by atoms with Gasteiger partial charge < -0.3 is 10.1 Å². The van der Waals surface area contributed by atoms with Gasteiger partial charge in [0.1, 0.15) is 11.6 Å². The summed E-state index contributed by atoms with van der Waals surface area (Å²) < 4.78 is 7.38. The number of carbonyl (C=O) groups excluding carboxylic acids is 1. The molecule has 0 aliphatic heterocycles. The minimum absolute atomic E-state index is 0.0231. The fraction of sp³-hybridized carbons (Fsp3) is 0.304. The molecule has 0 aliphatic rings. The Kier molecular flexibility index (Phi) is 6.14. The zero-order valence-corrected chi connectivity index (χ0v) is 19.2. The average Bonchev–Trinajstić information content (AvgIpc) is 3.35. The Morgan fingerprint density at radius 1 is 1.28 bits per heavy atom. The Morgan fingerprint density at radius 3 is 2.84 bits per heavy atom. The number of carbonyl (C=O) groups is 1. The molecule has 0 spiro atoms. The number of nitrogens with one attached hydrogen (secondary N) is 2. The first-order chi connectivity index (χ1) is 15.3. The Bertz CT molecular complexity index is 1280. The van der Waals surface area contributed by atoms with Crippen LogP contribution in [0.25, 0.3) is 22.3 Å². The molecule has 0 saturated heterocycles. The maximum absolute atomic E-state index is 11.8. The predicted octanol–water partition coefficient (Wildman–Crippen LogP) is 3.81. The fourth-order valence-electron chi connectivity index (χ4n) is 3.51. The van der Waals surface area contributed by atoms with E-state index in [-0.39, 0.29) is 18.6 Å². The summed E-state index contributed by atoms with van der Waals surface area (Å²) in [6.07, 6.45) is 2.28. The molecule has 0 aliphatic carbocycles. The van der Waals surface area contributed by atoms with Crippen molar-refractivity contribution in [2.45, 2.75) is 33.2 Å². The number of amides is 1. The standard InChI is InChI=1S/C23H25ClN6O2/c1-13(2)26-21(31)12-32-16-6-7-17(14(3)9-16)23-27-20(30(4)29-23)10-15-5-8-19-18(22(15)24)11-25-28-19/h5-9,11,13H,10,12H2,1-4H3,(H,25,28)(H,26,31). The van der Waals surface area contributed by atoms with Crippen LogP contribution in [0.3, 0.4) is 0 Å². The van der Waals surface area contributed by atoms with Crippen molar-refractivity contribution in [3.05, 3.63) is 58.5 Å². The van der Waals surface area contributed by atoms with Gasteiger partial charge in [0, 0.05) is 30.5 Å². The molecule has 0 radical (unpaired) electrons. The fourth-order valence-corrected chi connectivity index (χ4v) is 3.79. The highest BCUT2D eigenvalue weighted by Gasteiger charge is 2.15. The molecule has 2 heterocycles. The number of nitrogens with zero attached hydrogens (tertiary/aromatic N) is 4. The zero-order chi connectivity index (χ0) is 22.8. The van der Waals surface area contributed by atoms with E-state index < -0.39 is 0 Å². The summed E-state index contributed by atoms with van der Waals surface area (Å²) in [4.78, 5) is 16.5. The lowest BCUT2D eigenvalue weighted by molar-refractivity contribution is -0.123. The van der Waals surface area contributed by atoms with Crippen LogP contribution >= 0.6 is 11.6 Å². The van der Waals surface area contributed by atoms with Crippen LogP contribution in [0.5, 0.6) is 5.75 Å². The van der Waals surface area contributed by atoms with E-state index in [9.17, 15) is 4.79 Å². The van der Waals surface area contributed by atoms with Gasteiger partial charge in [0.15, 0.2) is 12.4 Å². The number of fused-ring (bicyclic) bond motifs is 1. The highest BCUT2D eigenvalue weighted by atomic mass is 35.5. The number of halogens is 1. The Labute approximate surface area is 190 Å². The Hall–Kier alpha value is -3.39.